The van der Waals surface area contributed by atoms with Crippen LogP contribution in [0.15, 0.2) is 42.5 Å². The molecule has 1 aliphatic rings. The largest absolute Gasteiger partial charge is 0.497 e. The van der Waals surface area contributed by atoms with Gasteiger partial charge in [-0.25, -0.2) is 0 Å². The molecule has 0 heterocycles. The zero-order valence-electron chi connectivity index (χ0n) is 16.5. The molecule has 1 amide bonds. The third-order valence-electron chi connectivity index (χ3n) is 5.37. The number of carbonyl (C=O) groups is 2. The molecule has 2 aromatic carbocycles. The van der Waals surface area contributed by atoms with Gasteiger partial charge < -0.3 is 19.9 Å². The molecular formula is C22H25NO5. The summed E-state index contributed by atoms with van der Waals surface area (Å²) in [5.74, 6) is 0.503. The van der Waals surface area contributed by atoms with Gasteiger partial charge in [-0.2, -0.15) is 0 Å². The molecule has 0 bridgehead atoms. The number of hydrogen-bond acceptors (Lipinski definition) is 4. The van der Waals surface area contributed by atoms with Crippen LogP contribution in [0.5, 0.6) is 11.5 Å². The average Bonchev–Trinajstić information content (AvgIpc) is 3.48. The van der Waals surface area contributed by atoms with Crippen molar-refractivity contribution >= 4 is 17.6 Å². The van der Waals surface area contributed by atoms with Crippen LogP contribution in [0.1, 0.15) is 37.3 Å². The van der Waals surface area contributed by atoms with Crippen LogP contribution < -0.4 is 14.8 Å². The maximum absolute atomic E-state index is 12.6. The Kier molecular flexibility index (Phi) is 5.31. The molecular weight excluding hydrogens is 358 g/mol. The highest BCUT2D eigenvalue weighted by molar-refractivity contribution is 5.95. The molecule has 0 aliphatic heterocycles. The maximum atomic E-state index is 12.6. The van der Waals surface area contributed by atoms with Gasteiger partial charge in [-0.05, 0) is 56.2 Å². The van der Waals surface area contributed by atoms with Gasteiger partial charge in [0.25, 0.3) is 0 Å². The van der Waals surface area contributed by atoms with E-state index in [2.05, 4.69) is 5.32 Å². The molecule has 1 saturated carbocycles. The number of aliphatic carboxylic acids is 1. The number of amides is 1. The van der Waals surface area contributed by atoms with E-state index in [1.54, 1.807) is 52.3 Å². The van der Waals surface area contributed by atoms with E-state index in [0.717, 1.165) is 23.5 Å². The van der Waals surface area contributed by atoms with E-state index in [4.69, 9.17) is 9.47 Å². The van der Waals surface area contributed by atoms with Crippen molar-refractivity contribution < 1.29 is 24.2 Å². The topological polar surface area (TPSA) is 84.9 Å². The summed E-state index contributed by atoms with van der Waals surface area (Å²) in [5, 5.41) is 12.2. The van der Waals surface area contributed by atoms with Crippen molar-refractivity contribution in [2.24, 2.45) is 5.92 Å². The second-order valence-corrected chi connectivity index (χ2v) is 7.55. The zero-order valence-corrected chi connectivity index (χ0v) is 16.5. The van der Waals surface area contributed by atoms with Crippen LogP contribution in [-0.2, 0) is 15.0 Å². The summed E-state index contributed by atoms with van der Waals surface area (Å²) in [6.07, 6.45) is 0.749. The van der Waals surface area contributed by atoms with E-state index < -0.39 is 11.4 Å². The summed E-state index contributed by atoms with van der Waals surface area (Å²) in [6.45, 7) is 3.30. The van der Waals surface area contributed by atoms with Crippen LogP contribution in [-0.4, -0.2) is 31.2 Å². The number of carbonyl (C=O) groups excluding carboxylic acids is 1. The number of rotatable bonds is 7. The Balaban J connectivity index is 1.68. The first kappa shape index (κ1) is 19.7. The van der Waals surface area contributed by atoms with Crippen molar-refractivity contribution in [1.29, 1.82) is 0 Å². The quantitative estimate of drug-likeness (QED) is 0.759. The summed E-state index contributed by atoms with van der Waals surface area (Å²) in [5.41, 5.74) is 1.33. The van der Waals surface area contributed by atoms with Gasteiger partial charge in [0.15, 0.2) is 0 Å². The Morgan fingerprint density at radius 1 is 1.07 bits per heavy atom. The fourth-order valence-electron chi connectivity index (χ4n) is 3.29. The fourth-order valence-corrected chi connectivity index (χ4v) is 3.29. The van der Waals surface area contributed by atoms with Crippen molar-refractivity contribution in [2.45, 2.75) is 31.6 Å². The van der Waals surface area contributed by atoms with Crippen LogP contribution in [0.4, 0.5) is 5.69 Å². The highest BCUT2D eigenvalue weighted by atomic mass is 16.5. The maximum Gasteiger partial charge on any atom is 0.313 e. The van der Waals surface area contributed by atoms with Gasteiger partial charge >= 0.3 is 5.97 Å². The lowest BCUT2D eigenvalue weighted by Crippen LogP contribution is -2.28. The van der Waals surface area contributed by atoms with Crippen molar-refractivity contribution in [3.63, 3.8) is 0 Å². The molecule has 0 radical (unpaired) electrons. The number of anilines is 1. The molecule has 1 fully saturated rings. The Bertz CT molecular complexity index is 888. The van der Waals surface area contributed by atoms with Crippen LogP contribution in [0.25, 0.3) is 0 Å². The van der Waals surface area contributed by atoms with Gasteiger partial charge in [-0.1, -0.05) is 12.1 Å². The summed E-state index contributed by atoms with van der Waals surface area (Å²) in [7, 11) is 3.22. The molecule has 0 aromatic heterocycles. The average molecular weight is 383 g/mol. The van der Waals surface area contributed by atoms with E-state index in [1.165, 1.54) is 0 Å². The third kappa shape index (κ3) is 3.81. The Hall–Kier alpha value is -3.02. The number of hydrogen-bond donors (Lipinski definition) is 2. The lowest BCUT2D eigenvalue weighted by atomic mass is 9.85. The lowest BCUT2D eigenvalue weighted by molar-refractivity contribution is -0.142. The number of ether oxygens (including phenoxy) is 2. The molecule has 6 heteroatoms. The molecule has 1 aliphatic carbocycles. The SMILES string of the molecule is COc1ccc(OC)c(C2CC2C(=O)Nc2ccc(C(C)(C)C(=O)O)cc2)c1. The van der Waals surface area contributed by atoms with E-state index in [0.29, 0.717) is 11.3 Å². The number of carboxylic acid groups (broad SMARTS) is 1. The van der Waals surface area contributed by atoms with Gasteiger partial charge in [0.1, 0.15) is 11.5 Å². The molecule has 0 saturated heterocycles. The molecule has 148 valence electrons. The molecule has 6 nitrogen and oxygen atoms in total. The minimum absolute atomic E-state index is 0.0554. The number of carboxylic acids is 1. The molecule has 2 N–H and O–H groups in total. The van der Waals surface area contributed by atoms with Crippen LogP contribution in [0.3, 0.4) is 0 Å². The number of methoxy groups -OCH3 is 2. The van der Waals surface area contributed by atoms with E-state index in [-0.39, 0.29) is 17.7 Å². The first-order chi connectivity index (χ1) is 13.3. The normalized spacial score (nSPS) is 18.3. The lowest BCUT2D eigenvalue weighted by Gasteiger charge is -2.19. The zero-order chi connectivity index (χ0) is 20.5. The predicted octanol–water partition coefficient (Wildman–Crippen LogP) is 3.81. The molecule has 2 aromatic rings. The molecule has 2 unspecified atom stereocenters. The second-order valence-electron chi connectivity index (χ2n) is 7.55. The van der Waals surface area contributed by atoms with Crippen LogP contribution in [0.2, 0.25) is 0 Å². The van der Waals surface area contributed by atoms with Crippen molar-refractivity contribution in [1.82, 2.24) is 0 Å². The van der Waals surface area contributed by atoms with E-state index >= 15 is 0 Å². The minimum atomic E-state index is -0.979. The molecule has 28 heavy (non-hydrogen) atoms. The van der Waals surface area contributed by atoms with Gasteiger partial charge in [-0.3, -0.25) is 9.59 Å². The summed E-state index contributed by atoms with van der Waals surface area (Å²) >= 11 is 0. The smallest absolute Gasteiger partial charge is 0.313 e. The van der Waals surface area contributed by atoms with E-state index in [1.807, 2.05) is 18.2 Å². The molecule has 2 atom stereocenters. The van der Waals surface area contributed by atoms with Gasteiger partial charge in [0.2, 0.25) is 5.91 Å². The Morgan fingerprint density at radius 3 is 2.32 bits per heavy atom. The Labute approximate surface area is 164 Å². The highest BCUT2D eigenvalue weighted by Gasteiger charge is 2.45. The minimum Gasteiger partial charge on any atom is -0.497 e. The monoisotopic (exact) mass is 383 g/mol. The number of benzene rings is 2. The third-order valence-corrected chi connectivity index (χ3v) is 5.37. The first-order valence-corrected chi connectivity index (χ1v) is 9.14. The summed E-state index contributed by atoms with van der Waals surface area (Å²) in [4.78, 5) is 24.0. The van der Waals surface area contributed by atoms with Crippen molar-refractivity contribution in [3.8, 4) is 11.5 Å². The first-order valence-electron chi connectivity index (χ1n) is 9.14. The van der Waals surface area contributed by atoms with Crippen molar-refractivity contribution in [2.75, 3.05) is 19.5 Å². The Morgan fingerprint density at radius 2 is 1.75 bits per heavy atom. The molecule has 0 spiro atoms. The van der Waals surface area contributed by atoms with Crippen molar-refractivity contribution in [3.05, 3.63) is 53.6 Å². The van der Waals surface area contributed by atoms with Gasteiger partial charge in [-0.15, -0.1) is 0 Å². The molecule has 3 rings (SSSR count). The van der Waals surface area contributed by atoms with E-state index in [9.17, 15) is 14.7 Å². The number of nitrogens with one attached hydrogen (secondary N) is 1. The van der Waals surface area contributed by atoms with Crippen LogP contribution >= 0.6 is 0 Å². The second kappa shape index (κ2) is 7.54. The van der Waals surface area contributed by atoms with Crippen LogP contribution in [0, 0.1) is 5.92 Å². The van der Waals surface area contributed by atoms with Gasteiger partial charge in [0, 0.05) is 23.1 Å². The fraction of sp³-hybridized carbons (Fsp3) is 0.364. The van der Waals surface area contributed by atoms with Gasteiger partial charge in [0.05, 0.1) is 19.6 Å². The predicted molar refractivity (Wildman–Crippen MR) is 106 cm³/mol. The highest BCUT2D eigenvalue weighted by Crippen LogP contribution is 2.51. The summed E-state index contributed by atoms with van der Waals surface area (Å²) in [6, 6.07) is 12.5. The standard InChI is InChI=1S/C22H25NO5/c1-22(2,21(25)26)13-5-7-14(8-6-13)23-20(24)18-12-16(18)17-11-15(27-3)9-10-19(17)28-4/h5-11,16,18H,12H2,1-4H3,(H,23,24)(H,25,26). The summed E-state index contributed by atoms with van der Waals surface area (Å²) < 4.78 is 10.7.